The predicted molar refractivity (Wildman–Crippen MR) is 174 cm³/mol. The summed E-state index contributed by atoms with van der Waals surface area (Å²) in [4.78, 5) is 44.3. The van der Waals surface area contributed by atoms with E-state index >= 15 is 0 Å². The number of anilines is 1. The molecule has 3 aromatic rings. The number of hydrogen-bond acceptors (Lipinski definition) is 5. The van der Waals surface area contributed by atoms with Gasteiger partial charge in [0.1, 0.15) is 6.04 Å². The monoisotopic (exact) mass is 581 g/mol. The Labute approximate surface area is 255 Å². The summed E-state index contributed by atoms with van der Waals surface area (Å²) < 4.78 is 0. The number of rotatable bonds is 11. The summed E-state index contributed by atoms with van der Waals surface area (Å²) >= 11 is 0. The highest BCUT2D eigenvalue weighted by Crippen LogP contribution is 2.27. The van der Waals surface area contributed by atoms with Gasteiger partial charge >= 0.3 is 0 Å². The van der Waals surface area contributed by atoms with Crippen LogP contribution >= 0.6 is 0 Å². The lowest BCUT2D eigenvalue weighted by Crippen LogP contribution is -2.46. The summed E-state index contributed by atoms with van der Waals surface area (Å²) in [6.07, 6.45) is 2.77. The van der Waals surface area contributed by atoms with Crippen molar-refractivity contribution in [1.29, 1.82) is 0 Å². The minimum atomic E-state index is -0.758. The van der Waals surface area contributed by atoms with Crippen LogP contribution in [0.5, 0.6) is 0 Å². The first-order valence-corrected chi connectivity index (χ1v) is 15.0. The van der Waals surface area contributed by atoms with Crippen LogP contribution in [0, 0.1) is 6.92 Å². The molecule has 1 aliphatic heterocycles. The lowest BCUT2D eigenvalue weighted by atomic mass is 9.94. The van der Waals surface area contributed by atoms with E-state index in [9.17, 15) is 14.4 Å². The van der Waals surface area contributed by atoms with Gasteiger partial charge in [-0.15, -0.1) is 0 Å². The zero-order valence-corrected chi connectivity index (χ0v) is 25.8. The van der Waals surface area contributed by atoms with E-state index in [1.165, 1.54) is 0 Å². The first-order valence-electron chi connectivity index (χ1n) is 15.0. The van der Waals surface area contributed by atoms with E-state index in [2.05, 4.69) is 39.7 Å². The molecule has 8 heteroatoms. The molecule has 1 fully saturated rings. The normalized spacial score (nSPS) is 15.2. The molecule has 8 nitrogen and oxygen atoms in total. The Morgan fingerprint density at radius 2 is 1.72 bits per heavy atom. The van der Waals surface area contributed by atoms with Crippen molar-refractivity contribution >= 4 is 29.6 Å². The number of aliphatic imine (C=N–C) groups is 1. The second-order valence-corrected chi connectivity index (χ2v) is 11.5. The molecule has 0 radical (unpaired) electrons. The fourth-order valence-electron chi connectivity index (χ4n) is 5.46. The van der Waals surface area contributed by atoms with Crippen LogP contribution in [0.25, 0.3) is 11.1 Å². The summed E-state index contributed by atoms with van der Waals surface area (Å²) in [7, 11) is 1.74. The lowest BCUT2D eigenvalue weighted by molar-refractivity contribution is -0.121. The highest BCUT2D eigenvalue weighted by molar-refractivity contribution is 6.00. The average Bonchev–Trinajstić information content (AvgIpc) is 3.02. The zero-order chi connectivity index (χ0) is 30.9. The van der Waals surface area contributed by atoms with Crippen molar-refractivity contribution in [3.63, 3.8) is 0 Å². The molecular weight excluding hydrogens is 538 g/mol. The van der Waals surface area contributed by atoms with E-state index in [0.717, 1.165) is 59.5 Å². The van der Waals surface area contributed by atoms with Gasteiger partial charge in [-0.25, -0.2) is 0 Å². The van der Waals surface area contributed by atoms with Crippen molar-refractivity contribution in [2.24, 2.45) is 4.99 Å². The Morgan fingerprint density at radius 1 is 1.00 bits per heavy atom. The largest absolute Gasteiger partial charge is 0.349 e. The van der Waals surface area contributed by atoms with Crippen LogP contribution in [0.2, 0.25) is 0 Å². The van der Waals surface area contributed by atoms with Gasteiger partial charge in [0.25, 0.3) is 5.91 Å². The number of benzene rings is 3. The Kier molecular flexibility index (Phi) is 10.8. The van der Waals surface area contributed by atoms with Crippen molar-refractivity contribution in [3.8, 4) is 11.1 Å². The zero-order valence-electron chi connectivity index (χ0n) is 25.8. The number of likely N-dealkylation sites (tertiary alicyclic amines) is 1. The smallest absolute Gasteiger partial charge is 0.251 e. The molecule has 1 aliphatic rings. The molecule has 3 aromatic carbocycles. The van der Waals surface area contributed by atoms with Gasteiger partial charge in [0.05, 0.1) is 0 Å². The van der Waals surface area contributed by atoms with Crippen LogP contribution < -0.4 is 16.0 Å². The van der Waals surface area contributed by atoms with Crippen molar-refractivity contribution in [2.45, 2.75) is 65.1 Å². The molecule has 1 heterocycles. The minimum absolute atomic E-state index is 0.0595. The van der Waals surface area contributed by atoms with Gasteiger partial charge in [-0.3, -0.25) is 19.4 Å². The number of aryl methyl sites for hydroxylation is 1. The maximum Gasteiger partial charge on any atom is 0.251 e. The standard InChI is InChI=1S/C35H43N5O3/c1-23(2)40-17-15-31(16-18-40)38-34(42)29-8-6-7-28(21-29)32-19-26(10-9-24(32)3)20-33(37-22-41)35(43)39-30-13-11-27(12-14-30)25(4)36-5/h6-14,19,21-23,31,33H,15-18,20H2,1-5H3,(H,37,41)(H,38,42)(H,39,43)/t33-/m0/s1. The maximum atomic E-state index is 13.2. The number of nitrogens with one attached hydrogen (secondary N) is 3. The highest BCUT2D eigenvalue weighted by Gasteiger charge is 2.23. The van der Waals surface area contributed by atoms with Gasteiger partial charge in [-0.05, 0) is 92.6 Å². The summed E-state index contributed by atoms with van der Waals surface area (Å²) in [5.41, 5.74) is 7.00. The SMILES string of the molecule is CN=C(C)c1ccc(NC(=O)[C@H](Cc2ccc(C)c(-c3cccc(C(=O)NC4CCN(C(C)C)CC4)c3)c2)NC=O)cc1. The third-order valence-corrected chi connectivity index (χ3v) is 8.26. The maximum absolute atomic E-state index is 13.2. The molecule has 1 saturated heterocycles. The van der Waals surface area contributed by atoms with E-state index in [4.69, 9.17) is 0 Å². The number of nitrogens with zero attached hydrogens (tertiary/aromatic N) is 2. The summed E-state index contributed by atoms with van der Waals surface area (Å²) in [5, 5.41) is 8.80. The Morgan fingerprint density at radius 3 is 2.37 bits per heavy atom. The molecule has 1 atom stereocenters. The first-order chi connectivity index (χ1) is 20.7. The first kappa shape index (κ1) is 31.6. The molecule has 0 saturated carbocycles. The molecule has 3 N–H and O–H groups in total. The van der Waals surface area contributed by atoms with Crippen LogP contribution in [-0.2, 0) is 16.0 Å². The van der Waals surface area contributed by atoms with E-state index in [1.54, 1.807) is 7.05 Å². The molecule has 0 spiro atoms. The third kappa shape index (κ3) is 8.38. The van der Waals surface area contributed by atoms with E-state index in [0.29, 0.717) is 30.1 Å². The Balaban J connectivity index is 1.45. The van der Waals surface area contributed by atoms with E-state index in [1.807, 2.05) is 80.6 Å². The Hall–Kier alpha value is -4.30. The van der Waals surface area contributed by atoms with Gasteiger partial charge in [0, 0.05) is 55.6 Å². The molecule has 0 unspecified atom stereocenters. The fourth-order valence-corrected chi connectivity index (χ4v) is 5.46. The molecule has 4 rings (SSSR count). The topological polar surface area (TPSA) is 103 Å². The molecule has 3 amide bonds. The number of amides is 3. The molecule has 43 heavy (non-hydrogen) atoms. The highest BCUT2D eigenvalue weighted by atomic mass is 16.2. The van der Waals surface area contributed by atoms with Crippen LogP contribution in [-0.4, -0.2) is 67.1 Å². The van der Waals surface area contributed by atoms with Crippen LogP contribution in [0.4, 0.5) is 5.69 Å². The fraction of sp³-hybridized carbons (Fsp3) is 0.371. The number of carbonyl (C=O) groups is 3. The van der Waals surface area contributed by atoms with Crippen molar-refractivity contribution in [1.82, 2.24) is 15.5 Å². The molecule has 0 aromatic heterocycles. The number of piperidine rings is 1. The Bertz CT molecular complexity index is 1460. The summed E-state index contributed by atoms with van der Waals surface area (Å²) in [5.74, 6) is -0.364. The minimum Gasteiger partial charge on any atom is -0.349 e. The van der Waals surface area contributed by atoms with Crippen molar-refractivity contribution in [2.75, 3.05) is 25.5 Å². The van der Waals surface area contributed by atoms with Crippen molar-refractivity contribution < 1.29 is 14.4 Å². The quantitative estimate of drug-likeness (QED) is 0.219. The second kappa shape index (κ2) is 14.7. The van der Waals surface area contributed by atoms with Gasteiger partial charge in [-0.1, -0.05) is 42.5 Å². The molecular formula is C35H43N5O3. The van der Waals surface area contributed by atoms with Crippen LogP contribution in [0.3, 0.4) is 0 Å². The van der Waals surface area contributed by atoms with E-state index < -0.39 is 6.04 Å². The molecule has 0 bridgehead atoms. The lowest BCUT2D eigenvalue weighted by Gasteiger charge is -2.34. The van der Waals surface area contributed by atoms with Gasteiger partial charge in [-0.2, -0.15) is 0 Å². The van der Waals surface area contributed by atoms with Crippen molar-refractivity contribution in [3.05, 3.63) is 89.0 Å². The van der Waals surface area contributed by atoms with Crippen LogP contribution in [0.15, 0.2) is 71.7 Å². The second-order valence-electron chi connectivity index (χ2n) is 11.5. The number of hydrogen-bond donors (Lipinski definition) is 3. The number of carbonyl (C=O) groups excluding carboxylic acids is 3. The van der Waals surface area contributed by atoms with Gasteiger partial charge < -0.3 is 20.9 Å². The predicted octanol–water partition coefficient (Wildman–Crippen LogP) is 5.00. The average molecular weight is 582 g/mol. The third-order valence-electron chi connectivity index (χ3n) is 8.26. The summed E-state index contributed by atoms with van der Waals surface area (Å²) in [6, 6.07) is 21.0. The molecule has 0 aliphatic carbocycles. The van der Waals surface area contributed by atoms with Crippen LogP contribution in [0.1, 0.15) is 60.7 Å². The van der Waals surface area contributed by atoms with Gasteiger partial charge in [0.15, 0.2) is 0 Å². The van der Waals surface area contributed by atoms with Gasteiger partial charge in [0.2, 0.25) is 12.3 Å². The summed E-state index contributed by atoms with van der Waals surface area (Å²) in [6.45, 7) is 10.4. The molecule has 226 valence electrons. The van der Waals surface area contributed by atoms with E-state index in [-0.39, 0.29) is 17.9 Å².